The number of amidine groups is 1. The quantitative estimate of drug-likeness (QED) is 0.615. The molecular formula is C18H14ClF3N4OS2. The van der Waals surface area contributed by atoms with E-state index in [1.807, 2.05) is 10.3 Å². The van der Waals surface area contributed by atoms with Crippen LogP contribution in [0, 0.1) is 0 Å². The average Bonchev–Trinajstić information content (AvgIpc) is 3.27. The third-order valence-electron chi connectivity index (χ3n) is 4.54. The van der Waals surface area contributed by atoms with Gasteiger partial charge < -0.3 is 9.80 Å². The number of aromatic nitrogens is 1. The Morgan fingerprint density at radius 2 is 1.72 bits per heavy atom. The van der Waals surface area contributed by atoms with Crippen molar-refractivity contribution >= 4 is 57.7 Å². The van der Waals surface area contributed by atoms with Gasteiger partial charge in [-0.2, -0.15) is 22.5 Å². The number of piperazine rings is 1. The number of carbonyl (C=O) groups is 1. The van der Waals surface area contributed by atoms with E-state index >= 15 is 0 Å². The number of rotatable bonds is 2. The molecule has 3 heterocycles. The predicted molar refractivity (Wildman–Crippen MR) is 110 cm³/mol. The van der Waals surface area contributed by atoms with E-state index in [0.29, 0.717) is 33.9 Å². The molecular weight excluding hydrogens is 445 g/mol. The van der Waals surface area contributed by atoms with E-state index in [-0.39, 0.29) is 5.91 Å². The Hall–Kier alpha value is -2.04. The van der Waals surface area contributed by atoms with Gasteiger partial charge in [0.05, 0.1) is 16.2 Å². The molecule has 1 aromatic heterocycles. The number of nitrogens with zero attached hydrogens (tertiary/aromatic N) is 4. The second-order valence-corrected chi connectivity index (χ2v) is 8.39. The molecule has 1 saturated heterocycles. The average molecular weight is 459 g/mol. The molecule has 11 heteroatoms. The molecule has 152 valence electrons. The number of amides is 1. The van der Waals surface area contributed by atoms with Crippen molar-refractivity contribution in [2.75, 3.05) is 31.1 Å². The van der Waals surface area contributed by atoms with Crippen LogP contribution in [-0.2, 0) is 11.0 Å². The summed E-state index contributed by atoms with van der Waals surface area (Å²) in [7, 11) is 0. The third kappa shape index (κ3) is 4.44. The number of hydrogen-bond acceptors (Lipinski definition) is 6. The third-order valence-corrected chi connectivity index (χ3v) is 6.58. The molecule has 1 aromatic carbocycles. The van der Waals surface area contributed by atoms with E-state index < -0.39 is 11.7 Å². The van der Waals surface area contributed by atoms with Crippen molar-refractivity contribution in [3.8, 4) is 0 Å². The van der Waals surface area contributed by atoms with Gasteiger partial charge in [0.15, 0.2) is 10.3 Å². The molecule has 29 heavy (non-hydrogen) atoms. The van der Waals surface area contributed by atoms with Crippen LogP contribution in [0.25, 0.3) is 6.08 Å². The first-order valence-corrected chi connectivity index (χ1v) is 10.6. The summed E-state index contributed by atoms with van der Waals surface area (Å²) in [5.41, 5.74) is 0.715. The molecule has 0 spiro atoms. The Morgan fingerprint density at radius 1 is 1.07 bits per heavy atom. The summed E-state index contributed by atoms with van der Waals surface area (Å²) in [5, 5.41) is 3.02. The number of carbonyl (C=O) groups excluding carboxylic acids is 1. The molecule has 2 aromatic rings. The van der Waals surface area contributed by atoms with Crippen LogP contribution in [0.15, 0.2) is 39.5 Å². The van der Waals surface area contributed by atoms with Crippen molar-refractivity contribution in [2.24, 2.45) is 4.99 Å². The molecule has 0 unspecified atom stereocenters. The molecule has 0 saturated carbocycles. The van der Waals surface area contributed by atoms with Crippen LogP contribution >= 0.6 is 34.9 Å². The van der Waals surface area contributed by atoms with Crippen LogP contribution in [0.4, 0.5) is 18.9 Å². The summed E-state index contributed by atoms with van der Waals surface area (Å²) in [6.07, 6.45) is -2.82. The van der Waals surface area contributed by atoms with Gasteiger partial charge in [0.25, 0.3) is 5.91 Å². The molecule has 0 radical (unpaired) electrons. The molecule has 2 aliphatic rings. The van der Waals surface area contributed by atoms with Crippen molar-refractivity contribution in [1.29, 1.82) is 0 Å². The molecule has 0 N–H and O–H groups in total. The van der Waals surface area contributed by atoms with E-state index in [0.717, 1.165) is 30.9 Å². The Bertz CT molecular complexity index is 980. The largest absolute Gasteiger partial charge is 0.416 e. The lowest BCUT2D eigenvalue weighted by molar-refractivity contribution is -0.137. The number of hydrogen-bond donors (Lipinski definition) is 0. The molecule has 2 aliphatic heterocycles. The first-order chi connectivity index (χ1) is 13.8. The standard InChI is InChI=1S/C18H14ClF3N4OS2/c19-15-13(10-28-24-15)25-5-7-26(8-6-25)17-23-16(27)14(29-17)9-11-1-3-12(4-2-11)18(20,21)22/h1-4,9-10H,5-8H2. The first kappa shape index (κ1) is 20.2. The minimum Gasteiger partial charge on any atom is -0.365 e. The molecule has 0 atom stereocenters. The Morgan fingerprint density at radius 3 is 2.31 bits per heavy atom. The Kier molecular flexibility index (Phi) is 5.58. The minimum atomic E-state index is -4.38. The van der Waals surface area contributed by atoms with Crippen LogP contribution in [0.3, 0.4) is 0 Å². The lowest BCUT2D eigenvalue weighted by Crippen LogP contribution is -2.47. The Labute approximate surface area is 178 Å². The maximum absolute atomic E-state index is 12.7. The highest BCUT2D eigenvalue weighted by Gasteiger charge is 2.31. The van der Waals surface area contributed by atoms with Gasteiger partial charge in [0.1, 0.15) is 0 Å². The zero-order chi connectivity index (χ0) is 20.6. The molecule has 1 fully saturated rings. The second-order valence-electron chi connectivity index (χ2n) is 6.39. The normalized spacial score (nSPS) is 19.2. The van der Waals surface area contributed by atoms with Crippen LogP contribution < -0.4 is 4.90 Å². The fourth-order valence-electron chi connectivity index (χ4n) is 3.01. The van der Waals surface area contributed by atoms with Crippen LogP contribution in [0.5, 0.6) is 0 Å². The van der Waals surface area contributed by atoms with E-state index in [9.17, 15) is 18.0 Å². The molecule has 5 nitrogen and oxygen atoms in total. The number of thioether (sulfide) groups is 1. The number of aliphatic imine (C=N–C) groups is 1. The summed E-state index contributed by atoms with van der Waals surface area (Å²) in [6.45, 7) is 2.81. The van der Waals surface area contributed by atoms with E-state index in [1.165, 1.54) is 35.4 Å². The van der Waals surface area contributed by atoms with Gasteiger partial charge in [-0.25, -0.2) is 0 Å². The highest BCUT2D eigenvalue weighted by atomic mass is 35.5. The van der Waals surface area contributed by atoms with Crippen LogP contribution in [0.2, 0.25) is 5.15 Å². The smallest absolute Gasteiger partial charge is 0.365 e. The van der Waals surface area contributed by atoms with Gasteiger partial charge in [0.2, 0.25) is 0 Å². The molecule has 0 bridgehead atoms. The molecule has 1 amide bonds. The summed E-state index contributed by atoms with van der Waals surface area (Å²) >= 11 is 8.64. The molecule has 4 rings (SSSR count). The first-order valence-electron chi connectivity index (χ1n) is 8.61. The number of alkyl halides is 3. The number of halogens is 4. The lowest BCUT2D eigenvalue weighted by Gasteiger charge is -2.36. The maximum Gasteiger partial charge on any atom is 0.416 e. The van der Waals surface area contributed by atoms with Gasteiger partial charge in [0, 0.05) is 31.6 Å². The van der Waals surface area contributed by atoms with Crippen molar-refractivity contribution < 1.29 is 18.0 Å². The summed E-state index contributed by atoms with van der Waals surface area (Å²) in [5.74, 6) is -0.377. The van der Waals surface area contributed by atoms with Gasteiger partial charge >= 0.3 is 6.18 Å². The van der Waals surface area contributed by atoms with E-state index in [2.05, 4.69) is 14.3 Å². The summed E-state index contributed by atoms with van der Waals surface area (Å²) in [4.78, 5) is 20.9. The summed E-state index contributed by atoms with van der Waals surface area (Å²) in [6, 6.07) is 4.70. The van der Waals surface area contributed by atoms with Crippen molar-refractivity contribution in [3.05, 3.63) is 50.8 Å². The second kappa shape index (κ2) is 8.00. The van der Waals surface area contributed by atoms with Crippen LogP contribution in [-0.4, -0.2) is 46.5 Å². The fourth-order valence-corrected chi connectivity index (χ4v) is 4.94. The monoisotopic (exact) mass is 458 g/mol. The number of benzene rings is 1. The highest BCUT2D eigenvalue weighted by molar-refractivity contribution is 8.18. The Balaban J connectivity index is 1.40. The topological polar surface area (TPSA) is 48.8 Å². The van der Waals surface area contributed by atoms with Crippen LogP contribution in [0.1, 0.15) is 11.1 Å². The van der Waals surface area contributed by atoms with E-state index in [4.69, 9.17) is 11.6 Å². The lowest BCUT2D eigenvalue weighted by atomic mass is 10.1. The minimum absolute atomic E-state index is 0.377. The van der Waals surface area contributed by atoms with Crippen molar-refractivity contribution in [1.82, 2.24) is 9.27 Å². The highest BCUT2D eigenvalue weighted by Crippen LogP contribution is 2.33. The van der Waals surface area contributed by atoms with Gasteiger partial charge in [-0.3, -0.25) is 4.79 Å². The molecule has 0 aliphatic carbocycles. The number of anilines is 1. The van der Waals surface area contributed by atoms with Crippen molar-refractivity contribution in [3.63, 3.8) is 0 Å². The van der Waals surface area contributed by atoms with Crippen molar-refractivity contribution in [2.45, 2.75) is 6.18 Å². The zero-order valence-corrected chi connectivity index (χ0v) is 17.2. The van der Waals surface area contributed by atoms with E-state index in [1.54, 1.807) is 6.08 Å². The fraction of sp³-hybridized carbons (Fsp3) is 0.278. The van der Waals surface area contributed by atoms with Gasteiger partial charge in [-0.1, -0.05) is 23.7 Å². The van der Waals surface area contributed by atoms with Gasteiger partial charge in [-0.15, -0.1) is 0 Å². The SMILES string of the molecule is O=C1N=C(N2CCN(c3csnc3Cl)CC2)SC1=Cc1ccc(C(F)(F)F)cc1. The maximum atomic E-state index is 12.7. The zero-order valence-electron chi connectivity index (χ0n) is 14.8. The van der Waals surface area contributed by atoms with Gasteiger partial charge in [-0.05, 0) is 47.1 Å². The predicted octanol–water partition coefficient (Wildman–Crippen LogP) is 4.61. The summed E-state index contributed by atoms with van der Waals surface area (Å²) < 4.78 is 42.1.